The fourth-order valence-corrected chi connectivity index (χ4v) is 6.99. The number of fused-ring (bicyclic) bond motifs is 6. The number of aromatic nitrogens is 1. The molecule has 5 aromatic rings. The lowest BCUT2D eigenvalue weighted by molar-refractivity contribution is 0.733. The van der Waals surface area contributed by atoms with E-state index in [2.05, 4.69) is 136 Å². The Bertz CT molecular complexity index is 1890. The molecule has 3 heterocycles. The molecule has 40 heavy (non-hydrogen) atoms. The SMILES string of the molecule is N#Cc1cc(C2=C(n3c4ccccc4c4ccccc43)CCNC2)ccc1N1c2ccccc2C2C=CC=CC21. The highest BCUT2D eigenvalue weighted by molar-refractivity contribution is 6.11. The third-order valence-electron chi connectivity index (χ3n) is 8.72. The maximum Gasteiger partial charge on any atom is 0.101 e. The van der Waals surface area contributed by atoms with Crippen LogP contribution in [-0.2, 0) is 0 Å². The van der Waals surface area contributed by atoms with E-state index in [0.29, 0.717) is 11.5 Å². The van der Waals surface area contributed by atoms with Crippen LogP contribution in [0.5, 0.6) is 0 Å². The van der Waals surface area contributed by atoms with Gasteiger partial charge in [0.05, 0.1) is 28.3 Å². The van der Waals surface area contributed by atoms with E-state index in [1.54, 1.807) is 0 Å². The molecule has 1 aliphatic carbocycles. The second-order valence-electron chi connectivity index (χ2n) is 10.8. The quantitative estimate of drug-likeness (QED) is 0.267. The Morgan fingerprint density at radius 1 is 0.775 bits per heavy atom. The molecule has 4 aromatic carbocycles. The zero-order valence-electron chi connectivity index (χ0n) is 22.1. The van der Waals surface area contributed by atoms with Gasteiger partial charge in [-0.05, 0) is 47.0 Å². The van der Waals surface area contributed by atoms with Gasteiger partial charge in [0, 0.05) is 47.6 Å². The number of nitriles is 1. The van der Waals surface area contributed by atoms with E-state index in [-0.39, 0.29) is 6.04 Å². The van der Waals surface area contributed by atoms with E-state index < -0.39 is 0 Å². The van der Waals surface area contributed by atoms with Crippen LogP contribution in [0.25, 0.3) is 33.1 Å². The Balaban J connectivity index is 1.30. The van der Waals surface area contributed by atoms with Crippen molar-refractivity contribution in [3.05, 3.63) is 132 Å². The Labute approximate surface area is 233 Å². The molecule has 0 fully saturated rings. The van der Waals surface area contributed by atoms with Gasteiger partial charge in [-0.15, -0.1) is 0 Å². The molecule has 3 aliphatic rings. The highest BCUT2D eigenvalue weighted by Crippen LogP contribution is 2.48. The molecular weight excluding hydrogens is 488 g/mol. The smallest absolute Gasteiger partial charge is 0.101 e. The summed E-state index contributed by atoms with van der Waals surface area (Å²) in [4.78, 5) is 2.35. The van der Waals surface area contributed by atoms with Crippen molar-refractivity contribution in [2.75, 3.05) is 18.0 Å². The third-order valence-corrected chi connectivity index (χ3v) is 8.72. The monoisotopic (exact) mass is 516 g/mol. The molecule has 0 spiro atoms. The molecule has 1 aromatic heterocycles. The van der Waals surface area contributed by atoms with Crippen LogP contribution in [0.1, 0.15) is 29.0 Å². The summed E-state index contributed by atoms with van der Waals surface area (Å²) in [5, 5.41) is 16.6. The molecule has 4 nitrogen and oxygen atoms in total. The number of hydrogen-bond acceptors (Lipinski definition) is 3. The first-order valence-corrected chi connectivity index (χ1v) is 14.0. The van der Waals surface area contributed by atoms with Gasteiger partial charge >= 0.3 is 0 Å². The van der Waals surface area contributed by atoms with E-state index >= 15 is 0 Å². The predicted octanol–water partition coefficient (Wildman–Crippen LogP) is 7.76. The zero-order valence-corrected chi connectivity index (χ0v) is 22.1. The highest BCUT2D eigenvalue weighted by Gasteiger charge is 2.38. The van der Waals surface area contributed by atoms with E-state index in [4.69, 9.17) is 0 Å². The van der Waals surface area contributed by atoms with Gasteiger partial charge in [0.15, 0.2) is 0 Å². The van der Waals surface area contributed by atoms with Crippen LogP contribution in [0.15, 0.2) is 115 Å². The Hall–Kier alpha value is -4.85. The number of rotatable bonds is 3. The first-order valence-electron chi connectivity index (χ1n) is 14.0. The second-order valence-corrected chi connectivity index (χ2v) is 10.8. The summed E-state index contributed by atoms with van der Waals surface area (Å²) in [7, 11) is 0. The average molecular weight is 517 g/mol. The Morgan fingerprint density at radius 2 is 1.50 bits per heavy atom. The predicted molar refractivity (Wildman–Crippen MR) is 165 cm³/mol. The molecule has 8 rings (SSSR count). The molecule has 2 atom stereocenters. The number of allylic oxidation sites excluding steroid dienone is 2. The van der Waals surface area contributed by atoms with Crippen molar-refractivity contribution in [3.8, 4) is 6.07 Å². The molecule has 0 radical (unpaired) electrons. The van der Waals surface area contributed by atoms with Gasteiger partial charge in [-0.2, -0.15) is 5.26 Å². The van der Waals surface area contributed by atoms with Crippen LogP contribution in [0.4, 0.5) is 11.4 Å². The highest BCUT2D eigenvalue weighted by atomic mass is 15.2. The van der Waals surface area contributed by atoms with Gasteiger partial charge in [0.1, 0.15) is 6.07 Å². The first-order chi connectivity index (χ1) is 19.8. The standard InChI is InChI=1S/C36H28N4/c37-22-25-21-24(17-18-31(25)39-32-13-5-1-9-26(32)27-10-2-6-14-33(27)39)30-23-38-20-19-36(30)40-34-15-7-3-11-28(34)29-12-4-8-16-35(29)40/h1-18,21,26,32,38H,19-20,23H2. The minimum absolute atomic E-state index is 0.170. The largest absolute Gasteiger partial charge is 0.332 e. The number of nitrogens with zero attached hydrogens (tertiary/aromatic N) is 3. The third kappa shape index (κ3) is 3.35. The number of hydrogen-bond donors (Lipinski definition) is 1. The molecule has 0 saturated carbocycles. The van der Waals surface area contributed by atoms with E-state index in [9.17, 15) is 5.26 Å². The van der Waals surface area contributed by atoms with Gasteiger partial charge in [0.2, 0.25) is 0 Å². The summed E-state index contributed by atoms with van der Waals surface area (Å²) in [5.41, 5.74) is 10.3. The number of nitrogens with one attached hydrogen (secondary N) is 1. The normalized spacial score (nSPS) is 19.7. The molecule has 1 N–H and O–H groups in total. The number of benzene rings is 4. The zero-order chi connectivity index (χ0) is 26.6. The van der Waals surface area contributed by atoms with Crippen molar-refractivity contribution in [2.24, 2.45) is 0 Å². The lowest BCUT2D eigenvalue weighted by atomic mass is 9.91. The van der Waals surface area contributed by atoms with Crippen molar-refractivity contribution >= 4 is 44.5 Å². The first kappa shape index (κ1) is 23.1. The maximum absolute atomic E-state index is 10.4. The molecule has 192 valence electrons. The van der Waals surface area contributed by atoms with E-state index in [1.807, 2.05) is 0 Å². The molecule has 0 amide bonds. The molecule has 4 heteroatoms. The van der Waals surface area contributed by atoms with Gasteiger partial charge in [-0.25, -0.2) is 0 Å². The minimum atomic E-state index is 0.170. The van der Waals surface area contributed by atoms with Crippen molar-refractivity contribution in [1.82, 2.24) is 9.88 Å². The Morgan fingerprint density at radius 3 is 2.30 bits per heavy atom. The van der Waals surface area contributed by atoms with Gasteiger partial charge in [-0.1, -0.05) is 85.0 Å². The fraction of sp³-hybridized carbons (Fsp3) is 0.139. The van der Waals surface area contributed by atoms with Crippen LogP contribution in [0.2, 0.25) is 0 Å². The summed E-state index contributed by atoms with van der Waals surface area (Å²) in [5.74, 6) is 0.291. The Kier molecular flexibility index (Phi) is 5.26. The number of anilines is 2. The van der Waals surface area contributed by atoms with E-state index in [1.165, 1.54) is 44.3 Å². The van der Waals surface area contributed by atoms with Crippen LogP contribution >= 0.6 is 0 Å². The van der Waals surface area contributed by atoms with Crippen LogP contribution in [-0.4, -0.2) is 23.7 Å². The van der Waals surface area contributed by atoms with Crippen LogP contribution in [0, 0.1) is 11.3 Å². The van der Waals surface area contributed by atoms with E-state index in [0.717, 1.165) is 30.8 Å². The summed E-state index contributed by atoms with van der Waals surface area (Å²) >= 11 is 0. The summed E-state index contributed by atoms with van der Waals surface area (Å²) in [6.07, 6.45) is 9.71. The lowest BCUT2D eigenvalue weighted by Crippen LogP contribution is -2.29. The molecule has 2 unspecified atom stereocenters. The summed E-state index contributed by atoms with van der Waals surface area (Å²) < 4.78 is 2.45. The van der Waals surface area contributed by atoms with Crippen LogP contribution in [0.3, 0.4) is 0 Å². The molecule has 2 aliphatic heterocycles. The van der Waals surface area contributed by atoms with Gasteiger partial charge in [0.25, 0.3) is 0 Å². The lowest BCUT2D eigenvalue weighted by Gasteiger charge is -2.30. The topological polar surface area (TPSA) is 44.0 Å². The van der Waals surface area contributed by atoms with Crippen molar-refractivity contribution in [2.45, 2.75) is 18.4 Å². The summed E-state index contributed by atoms with van der Waals surface area (Å²) in [6.45, 7) is 1.70. The second kappa shape index (κ2) is 9.12. The van der Waals surface area contributed by atoms with Gasteiger partial charge in [-0.3, -0.25) is 0 Å². The summed E-state index contributed by atoms with van der Waals surface area (Å²) in [6, 6.07) is 35.1. The molecule has 0 saturated heterocycles. The minimum Gasteiger partial charge on any atom is -0.332 e. The van der Waals surface area contributed by atoms with Crippen molar-refractivity contribution in [3.63, 3.8) is 0 Å². The average Bonchev–Trinajstić information content (AvgIpc) is 3.54. The number of para-hydroxylation sites is 3. The fourth-order valence-electron chi connectivity index (χ4n) is 6.99. The van der Waals surface area contributed by atoms with Gasteiger partial charge < -0.3 is 14.8 Å². The maximum atomic E-state index is 10.4. The van der Waals surface area contributed by atoms with Crippen molar-refractivity contribution in [1.29, 1.82) is 5.26 Å². The van der Waals surface area contributed by atoms with Crippen molar-refractivity contribution < 1.29 is 0 Å². The molecule has 0 bridgehead atoms. The van der Waals surface area contributed by atoms with Crippen LogP contribution < -0.4 is 10.2 Å². The molecular formula is C36H28N4.